The third kappa shape index (κ3) is 2.95. The number of hydrogen-bond donors (Lipinski definition) is 1. The lowest BCUT2D eigenvalue weighted by Crippen LogP contribution is -2.70. The number of fused-ring (bicyclic) bond motifs is 2. The number of benzene rings is 2. The minimum atomic E-state index is -0.611. The van der Waals surface area contributed by atoms with Crippen molar-refractivity contribution >= 4 is 28.5 Å². The number of rotatable bonds is 2. The van der Waals surface area contributed by atoms with Crippen LogP contribution in [0.5, 0.6) is 0 Å². The topological polar surface area (TPSA) is 69.7 Å². The number of hydrogen-bond acceptors (Lipinski definition) is 3. The van der Waals surface area contributed by atoms with Gasteiger partial charge in [-0.2, -0.15) is 0 Å². The van der Waals surface area contributed by atoms with Gasteiger partial charge in [0.25, 0.3) is 5.91 Å². The van der Waals surface area contributed by atoms with E-state index in [1.165, 1.54) is 0 Å². The number of nitrogens with one attached hydrogen (secondary N) is 1. The number of carbonyl (C=O) groups excluding carboxylic acids is 3. The van der Waals surface area contributed by atoms with Crippen LogP contribution in [0.1, 0.15) is 24.2 Å². The maximum Gasteiger partial charge on any atom is 0.254 e. The van der Waals surface area contributed by atoms with Crippen molar-refractivity contribution < 1.29 is 14.4 Å². The second-order valence-corrected chi connectivity index (χ2v) is 7.56. The van der Waals surface area contributed by atoms with Crippen molar-refractivity contribution in [3.05, 3.63) is 48.0 Å². The van der Waals surface area contributed by atoms with E-state index in [2.05, 4.69) is 5.32 Å². The first-order valence-electron chi connectivity index (χ1n) is 9.35. The first-order chi connectivity index (χ1) is 13.0. The molecule has 2 aliphatic rings. The quantitative estimate of drug-likeness (QED) is 0.880. The second-order valence-electron chi connectivity index (χ2n) is 7.56. The third-order valence-electron chi connectivity index (χ3n) is 5.50. The molecule has 0 spiro atoms. The summed E-state index contributed by atoms with van der Waals surface area (Å²) in [6.07, 6.45) is 0. The van der Waals surface area contributed by atoms with Crippen LogP contribution < -0.4 is 5.32 Å². The van der Waals surface area contributed by atoms with Gasteiger partial charge in [-0.25, -0.2) is 0 Å². The van der Waals surface area contributed by atoms with Crippen LogP contribution in [0, 0.1) is 5.92 Å². The number of carbonyl (C=O) groups is 3. The second kappa shape index (κ2) is 6.68. The molecule has 3 amide bonds. The Balaban J connectivity index is 1.58. The van der Waals surface area contributed by atoms with Gasteiger partial charge >= 0.3 is 0 Å². The molecule has 6 nitrogen and oxygen atoms in total. The van der Waals surface area contributed by atoms with E-state index in [0.717, 1.165) is 10.8 Å². The van der Waals surface area contributed by atoms with Crippen molar-refractivity contribution in [1.29, 1.82) is 0 Å². The first-order valence-corrected chi connectivity index (χ1v) is 9.35. The van der Waals surface area contributed by atoms with Crippen LogP contribution in [0.4, 0.5) is 0 Å². The maximum atomic E-state index is 13.1. The highest BCUT2D eigenvalue weighted by Crippen LogP contribution is 2.24. The van der Waals surface area contributed by atoms with E-state index in [-0.39, 0.29) is 30.2 Å². The van der Waals surface area contributed by atoms with Gasteiger partial charge in [-0.3, -0.25) is 14.4 Å². The van der Waals surface area contributed by atoms with Crippen LogP contribution >= 0.6 is 0 Å². The third-order valence-corrected chi connectivity index (χ3v) is 5.50. The van der Waals surface area contributed by atoms with Crippen LogP contribution in [0.15, 0.2) is 42.5 Å². The van der Waals surface area contributed by atoms with Gasteiger partial charge in [0, 0.05) is 18.7 Å². The van der Waals surface area contributed by atoms with Crippen molar-refractivity contribution in [1.82, 2.24) is 15.1 Å². The zero-order chi connectivity index (χ0) is 19.1. The molecule has 0 saturated carbocycles. The normalized spacial score (nSPS) is 22.8. The van der Waals surface area contributed by atoms with E-state index < -0.39 is 12.1 Å². The smallest absolute Gasteiger partial charge is 0.254 e. The minimum absolute atomic E-state index is 0.0396. The monoisotopic (exact) mass is 365 g/mol. The Labute approximate surface area is 158 Å². The summed E-state index contributed by atoms with van der Waals surface area (Å²) in [6.45, 7) is 4.89. The Kier molecular flexibility index (Phi) is 4.34. The maximum absolute atomic E-state index is 13.1. The molecule has 2 aromatic rings. The Morgan fingerprint density at radius 1 is 1.07 bits per heavy atom. The molecule has 0 unspecified atom stereocenters. The summed E-state index contributed by atoms with van der Waals surface area (Å²) in [5.74, 6) is -0.286. The van der Waals surface area contributed by atoms with Crippen molar-refractivity contribution in [2.24, 2.45) is 5.92 Å². The molecule has 2 saturated heterocycles. The molecule has 1 N–H and O–H groups in total. The minimum Gasteiger partial charge on any atom is -0.342 e. The Hall–Kier alpha value is -2.89. The van der Waals surface area contributed by atoms with Gasteiger partial charge in [-0.05, 0) is 22.8 Å². The predicted octanol–water partition coefficient (Wildman–Crippen LogP) is 1.65. The van der Waals surface area contributed by atoms with Gasteiger partial charge in [0.1, 0.15) is 12.1 Å². The predicted molar refractivity (Wildman–Crippen MR) is 102 cm³/mol. The lowest BCUT2D eigenvalue weighted by molar-refractivity contribution is -0.153. The summed E-state index contributed by atoms with van der Waals surface area (Å²) < 4.78 is 0. The number of amides is 3. The molecule has 2 aromatic carbocycles. The van der Waals surface area contributed by atoms with Gasteiger partial charge in [-0.15, -0.1) is 0 Å². The van der Waals surface area contributed by atoms with E-state index in [0.29, 0.717) is 18.7 Å². The Morgan fingerprint density at radius 2 is 1.81 bits per heavy atom. The average molecular weight is 365 g/mol. The highest BCUT2D eigenvalue weighted by atomic mass is 16.2. The summed E-state index contributed by atoms with van der Waals surface area (Å²) in [5, 5.41) is 4.73. The molecule has 0 bridgehead atoms. The number of piperazine rings is 2. The summed E-state index contributed by atoms with van der Waals surface area (Å²) in [6, 6.07) is 12.3. The van der Waals surface area contributed by atoms with Crippen molar-refractivity contribution in [3.63, 3.8) is 0 Å². The summed E-state index contributed by atoms with van der Waals surface area (Å²) in [7, 11) is 0. The zero-order valence-electron chi connectivity index (χ0n) is 15.5. The Bertz CT molecular complexity index is 919. The fourth-order valence-corrected chi connectivity index (χ4v) is 3.98. The van der Waals surface area contributed by atoms with Crippen molar-refractivity contribution in [2.75, 3.05) is 19.6 Å². The van der Waals surface area contributed by atoms with Crippen molar-refractivity contribution in [3.8, 4) is 0 Å². The van der Waals surface area contributed by atoms with Gasteiger partial charge in [0.2, 0.25) is 11.8 Å². The van der Waals surface area contributed by atoms with E-state index in [4.69, 9.17) is 0 Å². The Morgan fingerprint density at radius 3 is 2.59 bits per heavy atom. The molecule has 6 heteroatoms. The van der Waals surface area contributed by atoms with Crippen LogP contribution in [0.3, 0.4) is 0 Å². The molecule has 0 radical (unpaired) electrons. The molecule has 4 rings (SSSR count). The van der Waals surface area contributed by atoms with Crippen LogP contribution in [-0.4, -0.2) is 59.2 Å². The van der Waals surface area contributed by atoms with Crippen LogP contribution in [0.25, 0.3) is 10.8 Å². The lowest BCUT2D eigenvalue weighted by atomic mass is 9.96. The highest BCUT2D eigenvalue weighted by molar-refractivity contribution is 6.07. The van der Waals surface area contributed by atoms with Crippen molar-refractivity contribution in [2.45, 2.75) is 25.9 Å². The van der Waals surface area contributed by atoms with E-state index in [1.807, 2.05) is 56.3 Å². The first kappa shape index (κ1) is 17.5. The van der Waals surface area contributed by atoms with E-state index >= 15 is 0 Å². The fraction of sp³-hybridized carbons (Fsp3) is 0.381. The summed E-state index contributed by atoms with van der Waals surface area (Å²) >= 11 is 0. The molecule has 2 heterocycles. The van der Waals surface area contributed by atoms with Gasteiger partial charge in [-0.1, -0.05) is 50.2 Å². The molecule has 2 aliphatic heterocycles. The molecule has 2 atom stereocenters. The van der Waals surface area contributed by atoms with Gasteiger partial charge < -0.3 is 15.1 Å². The van der Waals surface area contributed by atoms with Gasteiger partial charge in [0.05, 0.1) is 6.54 Å². The van der Waals surface area contributed by atoms with Gasteiger partial charge in [0.15, 0.2) is 0 Å². The fourth-order valence-electron chi connectivity index (χ4n) is 3.98. The molecule has 0 aliphatic carbocycles. The highest BCUT2D eigenvalue weighted by Gasteiger charge is 2.45. The lowest BCUT2D eigenvalue weighted by Gasteiger charge is -2.46. The van der Waals surface area contributed by atoms with Crippen LogP contribution in [-0.2, 0) is 9.59 Å². The zero-order valence-corrected chi connectivity index (χ0v) is 15.5. The standard InChI is InChI=1S/C21H23N3O3/c1-13(2)18-21(27)24-11-10-23(12-17(24)19(25)22-18)20(26)16-9-5-7-14-6-3-4-8-15(14)16/h3-9,13,17-18H,10-12H2,1-2H3,(H,22,25)/t17-,18-/m1/s1. The SMILES string of the molecule is CC(C)[C@H]1NC(=O)[C@H]2CN(C(=O)c3cccc4ccccc34)CCN2C1=O. The van der Waals surface area contributed by atoms with Crippen LogP contribution in [0.2, 0.25) is 0 Å². The molecule has 27 heavy (non-hydrogen) atoms. The van der Waals surface area contributed by atoms with E-state index in [9.17, 15) is 14.4 Å². The molecule has 2 fully saturated rings. The van der Waals surface area contributed by atoms with E-state index in [1.54, 1.807) is 9.80 Å². The number of nitrogens with zero attached hydrogens (tertiary/aromatic N) is 2. The molecule has 140 valence electrons. The molecular formula is C21H23N3O3. The molecular weight excluding hydrogens is 342 g/mol. The molecule has 0 aromatic heterocycles. The summed E-state index contributed by atoms with van der Waals surface area (Å²) in [4.78, 5) is 41.7. The average Bonchev–Trinajstić information content (AvgIpc) is 2.69. The largest absolute Gasteiger partial charge is 0.342 e. The summed E-state index contributed by atoms with van der Waals surface area (Å²) in [5.41, 5.74) is 0.629.